The molecule has 1 fully saturated rings. The van der Waals surface area contributed by atoms with Crippen molar-refractivity contribution in [1.29, 1.82) is 0 Å². The van der Waals surface area contributed by atoms with Crippen LogP contribution in [0.1, 0.15) is 12.5 Å². The molecular weight excluding hydrogens is 370 g/mol. The van der Waals surface area contributed by atoms with Gasteiger partial charge in [0.1, 0.15) is 0 Å². The summed E-state index contributed by atoms with van der Waals surface area (Å²) in [5.74, 6) is 1.15. The van der Waals surface area contributed by atoms with Crippen molar-refractivity contribution in [1.82, 2.24) is 4.31 Å². The van der Waals surface area contributed by atoms with Crippen molar-refractivity contribution in [3.8, 4) is 0 Å². The van der Waals surface area contributed by atoms with Crippen LogP contribution in [0.2, 0.25) is 0 Å². The second kappa shape index (κ2) is 6.35. The largest absolute Gasteiger partial charge is 0.244 e. The molecule has 0 radical (unpaired) electrons. The third kappa shape index (κ3) is 3.47. The van der Waals surface area contributed by atoms with Gasteiger partial charge in [-0.25, -0.2) is 8.42 Å². The predicted octanol–water partition coefficient (Wildman–Crippen LogP) is 3.31. The summed E-state index contributed by atoms with van der Waals surface area (Å²) < 4.78 is 27.5. The number of sulfonamides is 1. The van der Waals surface area contributed by atoms with Gasteiger partial charge in [-0.3, -0.25) is 0 Å². The molecule has 1 heterocycles. The van der Waals surface area contributed by atoms with Crippen molar-refractivity contribution in [3.63, 3.8) is 0 Å². The van der Waals surface area contributed by atoms with Crippen LogP contribution in [0, 0.1) is 0 Å². The Morgan fingerprint density at radius 2 is 2.26 bits per heavy atom. The van der Waals surface area contributed by atoms with Crippen molar-refractivity contribution in [2.75, 3.05) is 18.8 Å². The summed E-state index contributed by atoms with van der Waals surface area (Å²) in [4.78, 5) is 0.310. The van der Waals surface area contributed by atoms with E-state index in [1.807, 2.05) is 6.07 Å². The number of nitrogens with zero attached hydrogens (tertiary/aromatic N) is 1. The van der Waals surface area contributed by atoms with E-state index in [0.717, 1.165) is 11.3 Å². The molecule has 0 saturated carbocycles. The highest BCUT2D eigenvalue weighted by molar-refractivity contribution is 9.10. The van der Waals surface area contributed by atoms with E-state index >= 15 is 0 Å². The summed E-state index contributed by atoms with van der Waals surface area (Å²) in [7, 11) is -3.44. The Balaban J connectivity index is 2.38. The summed E-state index contributed by atoms with van der Waals surface area (Å²) >= 11 is 10.9. The fraction of sp³-hybridized carbons (Fsp3) is 0.500. The van der Waals surface area contributed by atoms with Crippen molar-refractivity contribution >= 4 is 49.3 Å². The average Bonchev–Trinajstić information content (AvgIpc) is 2.39. The van der Waals surface area contributed by atoms with Crippen LogP contribution in [-0.4, -0.2) is 36.8 Å². The quantitative estimate of drug-likeness (QED) is 0.750. The summed E-state index contributed by atoms with van der Waals surface area (Å²) in [5.41, 5.74) is 0.808. The lowest BCUT2D eigenvalue weighted by molar-refractivity contribution is 0.424. The molecule has 1 aliphatic heterocycles. The molecular formula is C12H15BrClNO2S2. The molecule has 1 aromatic carbocycles. The number of hydrogen-bond donors (Lipinski definition) is 0. The lowest BCUT2D eigenvalue weighted by atomic mass is 10.2. The molecule has 1 aliphatic rings. The molecule has 0 aliphatic carbocycles. The first-order valence-corrected chi connectivity index (χ1v) is 9.73. The monoisotopic (exact) mass is 383 g/mol. The van der Waals surface area contributed by atoms with Gasteiger partial charge in [0.25, 0.3) is 0 Å². The van der Waals surface area contributed by atoms with Gasteiger partial charge < -0.3 is 0 Å². The summed E-state index contributed by atoms with van der Waals surface area (Å²) in [5, 5.41) is 0.332. The molecule has 19 heavy (non-hydrogen) atoms. The summed E-state index contributed by atoms with van der Waals surface area (Å²) in [6.07, 6.45) is 0. The lowest BCUT2D eigenvalue weighted by Crippen LogP contribution is -2.41. The third-order valence-electron chi connectivity index (χ3n) is 2.97. The number of alkyl halides is 1. The van der Waals surface area contributed by atoms with Gasteiger partial charge >= 0.3 is 0 Å². The van der Waals surface area contributed by atoms with E-state index in [9.17, 15) is 8.42 Å². The normalized spacial score (nSPS) is 21.5. The van der Waals surface area contributed by atoms with Gasteiger partial charge in [-0.1, -0.05) is 13.0 Å². The topological polar surface area (TPSA) is 37.4 Å². The van der Waals surface area contributed by atoms with Crippen molar-refractivity contribution < 1.29 is 8.42 Å². The van der Waals surface area contributed by atoms with E-state index in [1.165, 1.54) is 0 Å². The SMILES string of the molecule is CC1CN(S(=O)(=O)c2cc(CCl)ccc2Br)CCS1. The van der Waals surface area contributed by atoms with Gasteiger partial charge in [0, 0.05) is 34.4 Å². The standard InChI is InChI=1S/C12H15BrClNO2S2/c1-9-8-15(4-5-18-9)19(16,17)12-6-10(7-14)2-3-11(12)13/h2-3,6,9H,4-5,7-8H2,1H3. The molecule has 1 saturated heterocycles. The fourth-order valence-electron chi connectivity index (χ4n) is 1.97. The second-order valence-corrected chi connectivity index (χ2v) is 9.02. The number of rotatable bonds is 3. The van der Waals surface area contributed by atoms with Crippen LogP contribution in [0.15, 0.2) is 27.6 Å². The van der Waals surface area contributed by atoms with Gasteiger partial charge in [-0.15, -0.1) is 11.6 Å². The Labute approximate surface area is 131 Å². The molecule has 0 bridgehead atoms. The Hall–Kier alpha value is 0.250. The highest BCUT2D eigenvalue weighted by Gasteiger charge is 2.30. The summed E-state index contributed by atoms with van der Waals surface area (Å²) in [6.45, 7) is 3.18. The zero-order chi connectivity index (χ0) is 14.0. The molecule has 106 valence electrons. The van der Waals surface area contributed by atoms with Gasteiger partial charge in [0.15, 0.2) is 0 Å². The van der Waals surface area contributed by atoms with Gasteiger partial charge in [-0.05, 0) is 33.6 Å². The van der Waals surface area contributed by atoms with Crippen LogP contribution in [-0.2, 0) is 15.9 Å². The van der Waals surface area contributed by atoms with Crippen LogP contribution >= 0.6 is 39.3 Å². The maximum atomic E-state index is 12.7. The molecule has 1 atom stereocenters. The molecule has 0 spiro atoms. The Morgan fingerprint density at radius 1 is 1.53 bits per heavy atom. The van der Waals surface area contributed by atoms with Gasteiger partial charge in [-0.2, -0.15) is 16.1 Å². The van der Waals surface area contributed by atoms with Gasteiger partial charge in [0.05, 0.1) is 4.90 Å². The lowest BCUT2D eigenvalue weighted by Gasteiger charge is -2.30. The first-order chi connectivity index (χ1) is 8.95. The molecule has 0 amide bonds. The van der Waals surface area contributed by atoms with E-state index < -0.39 is 10.0 Å². The first kappa shape index (κ1) is 15.6. The molecule has 2 rings (SSSR count). The molecule has 0 N–H and O–H groups in total. The minimum atomic E-state index is -3.44. The third-order valence-corrected chi connectivity index (χ3v) is 7.28. The number of thioether (sulfide) groups is 1. The van der Waals surface area contributed by atoms with E-state index in [0.29, 0.717) is 33.6 Å². The molecule has 0 aromatic heterocycles. The highest BCUT2D eigenvalue weighted by Crippen LogP contribution is 2.29. The van der Waals surface area contributed by atoms with E-state index in [-0.39, 0.29) is 0 Å². The molecule has 1 aromatic rings. The zero-order valence-corrected chi connectivity index (χ0v) is 14.4. The first-order valence-electron chi connectivity index (χ1n) is 5.91. The minimum Gasteiger partial charge on any atom is -0.207 e. The Kier molecular flexibility index (Phi) is 5.22. The van der Waals surface area contributed by atoms with Crippen molar-refractivity contribution in [2.45, 2.75) is 22.9 Å². The molecule has 7 heteroatoms. The Bertz CT molecular complexity index is 565. The van der Waals surface area contributed by atoms with E-state index in [2.05, 4.69) is 22.9 Å². The number of hydrogen-bond acceptors (Lipinski definition) is 3. The van der Waals surface area contributed by atoms with Crippen molar-refractivity contribution in [2.24, 2.45) is 0 Å². The predicted molar refractivity (Wildman–Crippen MR) is 84.4 cm³/mol. The van der Waals surface area contributed by atoms with Crippen LogP contribution < -0.4 is 0 Å². The molecule has 1 unspecified atom stereocenters. The maximum absolute atomic E-state index is 12.7. The molecule has 3 nitrogen and oxygen atoms in total. The average molecular weight is 385 g/mol. The number of benzene rings is 1. The number of halogens is 2. The van der Waals surface area contributed by atoms with Crippen LogP contribution in [0.5, 0.6) is 0 Å². The van der Waals surface area contributed by atoms with Gasteiger partial charge in [0.2, 0.25) is 10.0 Å². The van der Waals surface area contributed by atoms with E-state index in [4.69, 9.17) is 11.6 Å². The minimum absolute atomic E-state index is 0.308. The zero-order valence-electron chi connectivity index (χ0n) is 10.5. The van der Waals surface area contributed by atoms with Crippen LogP contribution in [0.3, 0.4) is 0 Å². The maximum Gasteiger partial charge on any atom is 0.244 e. The Morgan fingerprint density at radius 3 is 2.89 bits per heavy atom. The second-order valence-electron chi connectivity index (χ2n) is 4.44. The van der Waals surface area contributed by atoms with Crippen LogP contribution in [0.4, 0.5) is 0 Å². The summed E-state index contributed by atoms with van der Waals surface area (Å²) in [6, 6.07) is 5.22. The van der Waals surface area contributed by atoms with Crippen molar-refractivity contribution in [3.05, 3.63) is 28.2 Å². The highest BCUT2D eigenvalue weighted by atomic mass is 79.9. The van der Waals surface area contributed by atoms with Crippen LogP contribution in [0.25, 0.3) is 0 Å². The smallest absolute Gasteiger partial charge is 0.207 e. The fourth-order valence-corrected chi connectivity index (χ4v) is 5.87. The van der Waals surface area contributed by atoms with E-state index in [1.54, 1.807) is 28.2 Å².